The fourth-order valence-corrected chi connectivity index (χ4v) is 2.01. The zero-order chi connectivity index (χ0) is 10.7. The average Bonchev–Trinajstić information content (AvgIpc) is 2.67. The molecule has 0 bridgehead atoms. The van der Waals surface area contributed by atoms with Gasteiger partial charge in [0.2, 0.25) is 0 Å². The maximum atomic E-state index is 2.25. The molecule has 1 unspecified atom stereocenters. The molecule has 0 spiro atoms. The van der Waals surface area contributed by atoms with Crippen molar-refractivity contribution in [1.29, 1.82) is 0 Å². The van der Waals surface area contributed by atoms with Crippen LogP contribution in [0.25, 0.3) is 0 Å². The van der Waals surface area contributed by atoms with Crippen molar-refractivity contribution in [2.45, 2.75) is 12.5 Å². The molecule has 0 radical (unpaired) electrons. The Kier molecular flexibility index (Phi) is 3.02. The minimum atomic E-state index is 0.477. The van der Waals surface area contributed by atoms with E-state index in [-0.39, 0.29) is 0 Å². The first-order valence-electron chi connectivity index (χ1n) is 5.35. The monoisotopic (exact) mass is 199 g/mol. The van der Waals surface area contributed by atoms with Gasteiger partial charge in [0, 0.05) is 6.04 Å². The summed E-state index contributed by atoms with van der Waals surface area (Å²) in [5, 5.41) is 0. The van der Waals surface area contributed by atoms with Crippen molar-refractivity contribution in [2.24, 2.45) is 0 Å². The fraction of sp³-hybridized carbons (Fsp3) is 0.286. The Hall–Kier alpha value is -1.34. The van der Waals surface area contributed by atoms with Gasteiger partial charge in [0.1, 0.15) is 0 Å². The van der Waals surface area contributed by atoms with E-state index in [0.29, 0.717) is 6.04 Å². The summed E-state index contributed by atoms with van der Waals surface area (Å²) >= 11 is 0. The number of benzene rings is 1. The van der Waals surface area contributed by atoms with E-state index < -0.39 is 0 Å². The Balaban J connectivity index is 2.08. The highest BCUT2D eigenvalue weighted by atomic mass is 15.1. The zero-order valence-electron chi connectivity index (χ0n) is 9.35. The third-order valence-electron chi connectivity index (χ3n) is 2.79. The number of allylic oxidation sites excluding steroid dienone is 2. The van der Waals surface area contributed by atoms with Crippen LogP contribution in [0.5, 0.6) is 0 Å². The van der Waals surface area contributed by atoms with E-state index in [1.165, 1.54) is 11.1 Å². The van der Waals surface area contributed by atoms with Crippen LogP contribution in [-0.4, -0.2) is 25.0 Å². The maximum absolute atomic E-state index is 2.25. The lowest BCUT2D eigenvalue weighted by atomic mass is 10.0. The van der Waals surface area contributed by atoms with Gasteiger partial charge in [-0.05, 0) is 31.7 Å². The van der Waals surface area contributed by atoms with E-state index in [9.17, 15) is 0 Å². The molecule has 0 fully saturated rings. The smallest absolute Gasteiger partial charge is 0.0495 e. The van der Waals surface area contributed by atoms with Crippen LogP contribution in [0.4, 0.5) is 0 Å². The van der Waals surface area contributed by atoms with Gasteiger partial charge in [-0.3, -0.25) is 4.90 Å². The zero-order valence-corrected chi connectivity index (χ0v) is 9.35. The largest absolute Gasteiger partial charge is 0.299 e. The third kappa shape index (κ3) is 2.37. The molecule has 1 aromatic rings. The minimum Gasteiger partial charge on any atom is -0.299 e. The molecule has 78 valence electrons. The van der Waals surface area contributed by atoms with Gasteiger partial charge in [-0.25, -0.2) is 0 Å². The highest BCUT2D eigenvalue weighted by molar-refractivity contribution is 5.35. The summed E-state index contributed by atoms with van der Waals surface area (Å²) in [6.07, 6.45) is 7.69. The highest BCUT2D eigenvalue weighted by Gasteiger charge is 2.16. The highest BCUT2D eigenvalue weighted by Crippen LogP contribution is 2.20. The summed E-state index contributed by atoms with van der Waals surface area (Å²) in [5.74, 6) is 0. The number of nitrogens with zero attached hydrogens (tertiary/aromatic N) is 1. The Bertz CT molecular complexity index is 374. The summed E-state index contributed by atoms with van der Waals surface area (Å²) in [6, 6.07) is 11.1. The molecule has 15 heavy (non-hydrogen) atoms. The Morgan fingerprint density at radius 2 is 1.87 bits per heavy atom. The average molecular weight is 199 g/mol. The lowest BCUT2D eigenvalue weighted by molar-refractivity contribution is 0.378. The normalized spacial score (nSPS) is 19.7. The van der Waals surface area contributed by atoms with Gasteiger partial charge >= 0.3 is 0 Å². The van der Waals surface area contributed by atoms with E-state index in [2.05, 4.69) is 67.6 Å². The van der Waals surface area contributed by atoms with Crippen LogP contribution in [0.3, 0.4) is 0 Å². The number of hydrogen-bond donors (Lipinski definition) is 0. The molecule has 0 N–H and O–H groups in total. The molecule has 1 nitrogen and oxygen atoms in total. The second-order valence-electron chi connectivity index (χ2n) is 4.20. The third-order valence-corrected chi connectivity index (χ3v) is 2.79. The van der Waals surface area contributed by atoms with Gasteiger partial charge in [0.15, 0.2) is 0 Å². The standard InChI is InChI=1S/C14H17N/c1-15(2)14-10-6-9-13(14)11-12-7-4-3-5-8-12/h3-10,14H,11H2,1-2H3. The van der Waals surface area contributed by atoms with Gasteiger partial charge < -0.3 is 0 Å². The van der Waals surface area contributed by atoms with E-state index >= 15 is 0 Å². The van der Waals surface area contributed by atoms with E-state index in [4.69, 9.17) is 0 Å². The lowest BCUT2D eigenvalue weighted by Gasteiger charge is -2.21. The molecule has 1 aromatic carbocycles. The van der Waals surface area contributed by atoms with Crippen molar-refractivity contribution in [3.63, 3.8) is 0 Å². The molecule has 1 heteroatoms. The van der Waals surface area contributed by atoms with Crippen LogP contribution in [0.2, 0.25) is 0 Å². The molecule has 1 aliphatic rings. The van der Waals surface area contributed by atoms with E-state index in [1.54, 1.807) is 0 Å². The van der Waals surface area contributed by atoms with E-state index in [0.717, 1.165) is 6.42 Å². The molecule has 1 atom stereocenters. The topological polar surface area (TPSA) is 3.24 Å². The van der Waals surface area contributed by atoms with Crippen molar-refractivity contribution in [1.82, 2.24) is 4.90 Å². The maximum Gasteiger partial charge on any atom is 0.0495 e. The van der Waals surface area contributed by atoms with E-state index in [1.807, 2.05) is 0 Å². The first kappa shape index (κ1) is 10.2. The Morgan fingerprint density at radius 3 is 2.53 bits per heavy atom. The van der Waals surface area contributed by atoms with Gasteiger partial charge in [-0.2, -0.15) is 0 Å². The molecular weight excluding hydrogens is 182 g/mol. The lowest BCUT2D eigenvalue weighted by Crippen LogP contribution is -2.27. The summed E-state index contributed by atoms with van der Waals surface area (Å²) in [4.78, 5) is 2.25. The fourth-order valence-electron chi connectivity index (χ4n) is 2.01. The van der Waals surface area contributed by atoms with Crippen molar-refractivity contribution in [3.05, 3.63) is 59.7 Å². The number of hydrogen-bond acceptors (Lipinski definition) is 1. The number of likely N-dealkylation sites (N-methyl/N-ethyl adjacent to an activating group) is 1. The summed E-state index contributed by atoms with van der Waals surface area (Å²) < 4.78 is 0. The Labute approximate surface area is 91.7 Å². The molecular formula is C14H17N. The summed E-state index contributed by atoms with van der Waals surface area (Å²) in [7, 11) is 4.25. The van der Waals surface area contributed by atoms with Crippen molar-refractivity contribution >= 4 is 0 Å². The summed E-state index contributed by atoms with van der Waals surface area (Å²) in [5.41, 5.74) is 2.87. The predicted molar refractivity (Wildman–Crippen MR) is 64.8 cm³/mol. The Morgan fingerprint density at radius 1 is 1.13 bits per heavy atom. The van der Waals surface area contributed by atoms with Crippen LogP contribution in [0.1, 0.15) is 5.56 Å². The molecule has 0 aromatic heterocycles. The summed E-state index contributed by atoms with van der Waals surface area (Å²) in [6.45, 7) is 0. The molecule has 0 heterocycles. The minimum absolute atomic E-state index is 0.477. The number of rotatable bonds is 3. The molecule has 2 rings (SSSR count). The van der Waals surface area contributed by atoms with Crippen molar-refractivity contribution in [2.75, 3.05) is 14.1 Å². The second kappa shape index (κ2) is 4.45. The van der Waals surface area contributed by atoms with Crippen LogP contribution < -0.4 is 0 Å². The van der Waals surface area contributed by atoms with Crippen molar-refractivity contribution in [3.8, 4) is 0 Å². The van der Waals surface area contributed by atoms with Crippen LogP contribution >= 0.6 is 0 Å². The molecule has 0 aliphatic heterocycles. The quantitative estimate of drug-likeness (QED) is 0.723. The van der Waals surface area contributed by atoms with Crippen LogP contribution in [0.15, 0.2) is 54.1 Å². The molecule has 1 aliphatic carbocycles. The molecule has 0 saturated carbocycles. The van der Waals surface area contributed by atoms with Gasteiger partial charge in [0.25, 0.3) is 0 Å². The first-order chi connectivity index (χ1) is 7.27. The van der Waals surface area contributed by atoms with Crippen molar-refractivity contribution < 1.29 is 0 Å². The second-order valence-corrected chi connectivity index (χ2v) is 4.20. The van der Waals surface area contributed by atoms with Gasteiger partial charge in [-0.15, -0.1) is 0 Å². The van der Waals surface area contributed by atoms with Gasteiger partial charge in [0.05, 0.1) is 0 Å². The first-order valence-corrected chi connectivity index (χ1v) is 5.35. The molecule has 0 saturated heterocycles. The van der Waals surface area contributed by atoms with Crippen LogP contribution in [0, 0.1) is 0 Å². The van der Waals surface area contributed by atoms with Crippen LogP contribution in [-0.2, 0) is 6.42 Å². The SMILES string of the molecule is CN(C)C1C=CC=C1Cc1ccccc1. The predicted octanol–water partition coefficient (Wildman–Crippen LogP) is 2.66. The molecule has 0 amide bonds. The van der Waals surface area contributed by atoms with Gasteiger partial charge in [-0.1, -0.05) is 48.6 Å².